The summed E-state index contributed by atoms with van der Waals surface area (Å²) in [6.45, 7) is 3.03. The van der Waals surface area contributed by atoms with E-state index in [2.05, 4.69) is 0 Å². The van der Waals surface area contributed by atoms with Crippen LogP contribution in [0.25, 0.3) is 0 Å². The molecule has 2 aromatic rings. The van der Waals surface area contributed by atoms with Crippen molar-refractivity contribution in [1.82, 2.24) is 0 Å². The highest BCUT2D eigenvalue weighted by Gasteiger charge is 2.25. The zero-order chi connectivity index (χ0) is 18.6. The summed E-state index contributed by atoms with van der Waals surface area (Å²) in [5.41, 5.74) is 0.0418. The van der Waals surface area contributed by atoms with E-state index >= 15 is 0 Å². The fourth-order valence-electron chi connectivity index (χ4n) is 2.18. The Morgan fingerprint density at radius 2 is 1.80 bits per heavy atom. The van der Waals surface area contributed by atoms with E-state index in [4.69, 9.17) is 13.9 Å². The first-order chi connectivity index (χ1) is 11.8. The first-order valence-electron chi connectivity index (χ1n) is 7.46. The minimum Gasteiger partial charge on any atom is -0.497 e. The van der Waals surface area contributed by atoms with E-state index in [1.54, 1.807) is 6.92 Å². The van der Waals surface area contributed by atoms with Crippen LogP contribution >= 0.6 is 0 Å². The van der Waals surface area contributed by atoms with E-state index in [9.17, 15) is 18.0 Å². The molecule has 0 fully saturated rings. The zero-order valence-corrected chi connectivity index (χ0v) is 14.9. The number of benzene rings is 1. The molecule has 25 heavy (non-hydrogen) atoms. The molecule has 0 saturated heterocycles. The zero-order valence-electron chi connectivity index (χ0n) is 14.1. The van der Waals surface area contributed by atoms with E-state index in [-0.39, 0.29) is 28.6 Å². The molecule has 1 aromatic heterocycles. The van der Waals surface area contributed by atoms with E-state index in [0.29, 0.717) is 5.75 Å². The molecule has 0 aliphatic rings. The van der Waals surface area contributed by atoms with E-state index in [0.717, 1.165) is 0 Å². The van der Waals surface area contributed by atoms with Crippen molar-refractivity contribution in [1.29, 1.82) is 0 Å². The van der Waals surface area contributed by atoms with E-state index < -0.39 is 27.3 Å². The molecule has 0 radical (unpaired) electrons. The van der Waals surface area contributed by atoms with Gasteiger partial charge >= 0.3 is 5.97 Å². The Bertz CT molecular complexity index is 876. The number of hydrogen-bond donors (Lipinski definition) is 0. The van der Waals surface area contributed by atoms with Crippen LogP contribution in [-0.2, 0) is 20.3 Å². The van der Waals surface area contributed by atoms with Crippen molar-refractivity contribution in [3.05, 3.63) is 47.4 Å². The lowest BCUT2D eigenvalue weighted by molar-refractivity contribution is 0.0488. The maximum absolute atomic E-state index is 12.6. The van der Waals surface area contributed by atoms with Crippen molar-refractivity contribution in [2.75, 3.05) is 13.7 Å². The minimum absolute atomic E-state index is 0.0418. The van der Waals surface area contributed by atoms with Gasteiger partial charge < -0.3 is 13.9 Å². The number of carbonyl (C=O) groups is 2. The maximum atomic E-state index is 12.6. The summed E-state index contributed by atoms with van der Waals surface area (Å²) >= 11 is 0. The van der Waals surface area contributed by atoms with E-state index in [1.807, 2.05) is 0 Å². The van der Waals surface area contributed by atoms with Crippen LogP contribution in [0.5, 0.6) is 5.75 Å². The molecular formula is C17H18O7S. The first-order valence-corrected chi connectivity index (χ1v) is 9.11. The van der Waals surface area contributed by atoms with Crippen LogP contribution < -0.4 is 4.74 Å². The highest BCUT2D eigenvalue weighted by atomic mass is 32.2. The molecule has 7 nitrogen and oxygen atoms in total. The molecule has 134 valence electrons. The number of ketones is 1. The number of esters is 1. The van der Waals surface area contributed by atoms with Gasteiger partial charge in [-0.2, -0.15) is 0 Å². The smallest absolute Gasteiger partial charge is 0.374 e. The lowest BCUT2D eigenvalue weighted by atomic mass is 10.2. The summed E-state index contributed by atoms with van der Waals surface area (Å²) in [5, 5.41) is 0. The van der Waals surface area contributed by atoms with Crippen LogP contribution in [0.3, 0.4) is 0 Å². The third kappa shape index (κ3) is 4.27. The van der Waals surface area contributed by atoms with Crippen molar-refractivity contribution in [3.63, 3.8) is 0 Å². The summed E-state index contributed by atoms with van der Waals surface area (Å²) < 4.78 is 40.2. The number of methoxy groups -OCH3 is 1. The Morgan fingerprint density at radius 1 is 1.16 bits per heavy atom. The fraction of sp³-hybridized carbons (Fsp3) is 0.294. The van der Waals surface area contributed by atoms with Crippen LogP contribution in [0.2, 0.25) is 0 Å². The number of ether oxygens (including phenoxy) is 2. The van der Waals surface area contributed by atoms with Gasteiger partial charge in [-0.1, -0.05) is 0 Å². The Labute approximate surface area is 145 Å². The summed E-state index contributed by atoms with van der Waals surface area (Å²) in [6, 6.07) is 7.04. The van der Waals surface area contributed by atoms with Crippen LogP contribution in [0.15, 0.2) is 39.6 Å². The van der Waals surface area contributed by atoms with Crippen molar-refractivity contribution in [3.8, 4) is 5.75 Å². The van der Waals surface area contributed by atoms with Gasteiger partial charge in [0.05, 0.1) is 24.2 Å². The lowest BCUT2D eigenvalue weighted by Gasteiger charge is -2.05. The number of sulfone groups is 1. The molecule has 0 bridgehead atoms. The molecule has 0 saturated carbocycles. The molecule has 0 unspecified atom stereocenters. The fourth-order valence-corrected chi connectivity index (χ4v) is 3.45. The monoisotopic (exact) mass is 366 g/mol. The molecule has 0 atom stereocenters. The molecule has 0 aliphatic carbocycles. The van der Waals surface area contributed by atoms with Gasteiger partial charge in [0.25, 0.3) is 0 Å². The Kier molecular flexibility index (Phi) is 5.63. The Balaban J connectivity index is 2.36. The van der Waals surface area contributed by atoms with Gasteiger partial charge in [-0.05, 0) is 38.1 Å². The Morgan fingerprint density at radius 3 is 2.32 bits per heavy atom. The van der Waals surface area contributed by atoms with Gasteiger partial charge in [0, 0.05) is 6.07 Å². The van der Waals surface area contributed by atoms with Crippen molar-refractivity contribution in [2.45, 2.75) is 24.5 Å². The molecule has 0 N–H and O–H groups in total. The SMILES string of the molecule is CCOC(=O)c1cc(C(C)=O)c(CS(=O)(=O)c2ccc(OC)cc2)o1. The number of hydrogen-bond acceptors (Lipinski definition) is 7. The summed E-state index contributed by atoms with van der Waals surface area (Å²) in [7, 11) is -2.30. The average molecular weight is 366 g/mol. The summed E-state index contributed by atoms with van der Waals surface area (Å²) in [5.74, 6) is -1.48. The molecular weight excluding hydrogens is 348 g/mol. The molecule has 2 rings (SSSR count). The van der Waals surface area contributed by atoms with Gasteiger partial charge in [0.2, 0.25) is 5.76 Å². The van der Waals surface area contributed by atoms with Crippen molar-refractivity contribution < 1.29 is 31.9 Å². The lowest BCUT2D eigenvalue weighted by Crippen LogP contribution is -2.07. The molecule has 0 amide bonds. The maximum Gasteiger partial charge on any atom is 0.374 e. The first kappa shape index (κ1) is 18.7. The number of carbonyl (C=O) groups excluding carboxylic acids is 2. The van der Waals surface area contributed by atoms with Gasteiger partial charge in [-0.3, -0.25) is 4.79 Å². The molecule has 0 spiro atoms. The number of Topliss-reactive ketones (excluding diaryl/α,β-unsaturated/α-hetero) is 1. The summed E-state index contributed by atoms with van der Waals surface area (Å²) in [4.78, 5) is 23.5. The van der Waals surface area contributed by atoms with Crippen molar-refractivity contribution >= 4 is 21.6 Å². The second-order valence-electron chi connectivity index (χ2n) is 5.16. The van der Waals surface area contributed by atoms with Crippen molar-refractivity contribution in [2.24, 2.45) is 0 Å². The topological polar surface area (TPSA) is 99.9 Å². The van der Waals surface area contributed by atoms with Crippen LogP contribution in [-0.4, -0.2) is 33.9 Å². The minimum atomic E-state index is -3.77. The van der Waals surface area contributed by atoms with Crippen LogP contribution in [0, 0.1) is 0 Å². The third-order valence-electron chi connectivity index (χ3n) is 3.40. The highest BCUT2D eigenvalue weighted by Crippen LogP contribution is 2.24. The number of rotatable bonds is 7. The normalized spacial score (nSPS) is 11.2. The van der Waals surface area contributed by atoms with Crippen LogP contribution in [0.1, 0.15) is 40.5 Å². The molecule has 8 heteroatoms. The van der Waals surface area contributed by atoms with Gasteiger partial charge in [0.1, 0.15) is 17.3 Å². The second-order valence-corrected chi connectivity index (χ2v) is 7.15. The standard InChI is InChI=1S/C17H18O7S/c1-4-23-17(19)15-9-14(11(2)18)16(24-15)10-25(20,21)13-7-5-12(22-3)6-8-13/h5-9H,4,10H2,1-3H3. The van der Waals surface area contributed by atoms with Crippen LogP contribution in [0.4, 0.5) is 0 Å². The predicted molar refractivity (Wildman–Crippen MR) is 88.6 cm³/mol. The van der Waals surface area contributed by atoms with Gasteiger partial charge in [-0.25, -0.2) is 13.2 Å². The second kappa shape index (κ2) is 7.52. The third-order valence-corrected chi connectivity index (χ3v) is 5.04. The average Bonchev–Trinajstić information content (AvgIpc) is 2.98. The van der Waals surface area contributed by atoms with Gasteiger partial charge in [-0.15, -0.1) is 0 Å². The molecule has 1 aromatic carbocycles. The predicted octanol–water partition coefficient (Wildman–Crippen LogP) is 2.64. The van der Waals surface area contributed by atoms with E-state index in [1.165, 1.54) is 44.4 Å². The molecule has 0 aliphatic heterocycles. The number of furan rings is 1. The quantitative estimate of drug-likeness (QED) is 0.548. The summed E-state index contributed by atoms with van der Waals surface area (Å²) in [6.07, 6.45) is 0. The van der Waals surface area contributed by atoms with Gasteiger partial charge in [0.15, 0.2) is 15.6 Å². The Hall–Kier alpha value is -2.61. The highest BCUT2D eigenvalue weighted by molar-refractivity contribution is 7.90. The molecule has 1 heterocycles. The largest absolute Gasteiger partial charge is 0.497 e.